The van der Waals surface area contributed by atoms with E-state index >= 15 is 0 Å². The number of likely N-dealkylation sites (tertiary alicyclic amines) is 1. The molecule has 1 aromatic carbocycles. The molecule has 3 amide bonds. The van der Waals surface area contributed by atoms with E-state index in [1.807, 2.05) is 52.0 Å². The summed E-state index contributed by atoms with van der Waals surface area (Å²) < 4.78 is 0. The van der Waals surface area contributed by atoms with Gasteiger partial charge < -0.3 is 31.4 Å². The number of H-pyrrole nitrogens is 1. The average Bonchev–Trinajstić information content (AvgIpc) is 3.49. The van der Waals surface area contributed by atoms with Crippen LogP contribution >= 0.6 is 0 Å². The lowest BCUT2D eigenvalue weighted by atomic mass is 10.0. The van der Waals surface area contributed by atoms with Crippen LogP contribution in [0.25, 0.3) is 10.9 Å². The topological polar surface area (TPSA) is 158 Å². The van der Waals surface area contributed by atoms with Crippen molar-refractivity contribution < 1.29 is 24.3 Å². The summed E-state index contributed by atoms with van der Waals surface area (Å²) in [7, 11) is 0. The molecule has 0 radical (unpaired) electrons. The van der Waals surface area contributed by atoms with Gasteiger partial charge in [0, 0.05) is 30.1 Å². The van der Waals surface area contributed by atoms with Gasteiger partial charge in [0.05, 0.1) is 6.04 Å². The van der Waals surface area contributed by atoms with E-state index in [2.05, 4.69) is 15.6 Å². The molecule has 1 saturated heterocycles. The number of aromatic amines is 1. The molecule has 0 aliphatic carbocycles. The Morgan fingerprint density at radius 1 is 1.11 bits per heavy atom. The van der Waals surface area contributed by atoms with Crippen LogP contribution in [-0.2, 0) is 25.6 Å². The summed E-state index contributed by atoms with van der Waals surface area (Å²) in [6, 6.07) is 4.02. The number of carboxylic acid groups (broad SMARTS) is 1. The number of benzene rings is 1. The van der Waals surface area contributed by atoms with Crippen molar-refractivity contribution in [2.24, 2.45) is 17.6 Å². The fourth-order valence-corrected chi connectivity index (χ4v) is 4.74. The highest BCUT2D eigenvalue weighted by Crippen LogP contribution is 2.21. The minimum absolute atomic E-state index is 0.0589. The maximum atomic E-state index is 13.3. The fourth-order valence-electron chi connectivity index (χ4n) is 4.74. The molecule has 202 valence electrons. The van der Waals surface area contributed by atoms with Gasteiger partial charge in [-0.05, 0) is 42.7 Å². The average molecular weight is 514 g/mol. The summed E-state index contributed by atoms with van der Waals surface area (Å²) in [5, 5.41) is 16.1. The Morgan fingerprint density at radius 3 is 2.46 bits per heavy atom. The standard InChI is InChI=1S/C27H39N5O5/c1-15(2)12-20(30-25(34)22-10-7-11-32(22)26(35)23(28)16(3)4)24(33)31-21(27(36)37)13-17-14-29-19-9-6-5-8-18(17)19/h5-6,8-9,14-16,20-23,29H,7,10-13,28H2,1-4H3,(H,30,34)(H,31,33)(H,36,37). The van der Waals surface area contributed by atoms with E-state index in [9.17, 15) is 24.3 Å². The van der Waals surface area contributed by atoms with Crippen LogP contribution in [0.5, 0.6) is 0 Å². The summed E-state index contributed by atoms with van der Waals surface area (Å²) in [5.41, 5.74) is 7.70. The number of nitrogens with two attached hydrogens (primary N) is 1. The van der Waals surface area contributed by atoms with E-state index in [-0.39, 0.29) is 24.2 Å². The predicted molar refractivity (Wildman–Crippen MR) is 141 cm³/mol. The third kappa shape index (κ3) is 6.88. The molecular formula is C27H39N5O5. The Morgan fingerprint density at radius 2 is 1.81 bits per heavy atom. The monoisotopic (exact) mass is 513 g/mol. The van der Waals surface area contributed by atoms with Gasteiger partial charge in [-0.15, -0.1) is 0 Å². The van der Waals surface area contributed by atoms with Crippen LogP contribution in [0.15, 0.2) is 30.5 Å². The number of aromatic nitrogens is 1. The largest absolute Gasteiger partial charge is 0.480 e. The fraction of sp³-hybridized carbons (Fsp3) is 0.556. The first-order chi connectivity index (χ1) is 17.5. The van der Waals surface area contributed by atoms with E-state index in [1.165, 1.54) is 4.90 Å². The number of carboxylic acids is 1. The zero-order valence-corrected chi connectivity index (χ0v) is 22.0. The molecule has 10 nitrogen and oxygen atoms in total. The van der Waals surface area contributed by atoms with Gasteiger partial charge in [-0.25, -0.2) is 4.79 Å². The maximum Gasteiger partial charge on any atom is 0.326 e. The van der Waals surface area contributed by atoms with Crippen LogP contribution in [0, 0.1) is 11.8 Å². The van der Waals surface area contributed by atoms with Gasteiger partial charge in [0.25, 0.3) is 0 Å². The van der Waals surface area contributed by atoms with Gasteiger partial charge >= 0.3 is 5.97 Å². The number of aliphatic carboxylic acids is 1. The second-order valence-electron chi connectivity index (χ2n) is 10.6. The van der Waals surface area contributed by atoms with Gasteiger partial charge in [-0.1, -0.05) is 45.9 Å². The molecule has 1 fully saturated rings. The molecule has 6 N–H and O–H groups in total. The van der Waals surface area contributed by atoms with Crippen LogP contribution < -0.4 is 16.4 Å². The van der Waals surface area contributed by atoms with Crippen molar-refractivity contribution in [2.75, 3.05) is 6.54 Å². The summed E-state index contributed by atoms with van der Waals surface area (Å²) in [4.78, 5) is 56.0. The van der Waals surface area contributed by atoms with Crippen LogP contribution in [-0.4, -0.2) is 69.4 Å². The van der Waals surface area contributed by atoms with Crippen molar-refractivity contribution in [3.8, 4) is 0 Å². The molecule has 2 heterocycles. The molecule has 37 heavy (non-hydrogen) atoms. The number of nitrogens with zero attached hydrogens (tertiary/aromatic N) is 1. The molecule has 2 aromatic rings. The Kier molecular flexibility index (Phi) is 9.31. The van der Waals surface area contributed by atoms with Gasteiger partial charge in [0.2, 0.25) is 17.7 Å². The van der Waals surface area contributed by atoms with Gasteiger partial charge in [-0.3, -0.25) is 14.4 Å². The third-order valence-electron chi connectivity index (χ3n) is 6.90. The number of carbonyl (C=O) groups is 4. The lowest BCUT2D eigenvalue weighted by molar-refractivity contribution is -0.143. The summed E-state index contributed by atoms with van der Waals surface area (Å²) >= 11 is 0. The summed E-state index contributed by atoms with van der Waals surface area (Å²) in [6.45, 7) is 7.97. The van der Waals surface area contributed by atoms with E-state index in [0.717, 1.165) is 16.5 Å². The van der Waals surface area contributed by atoms with E-state index < -0.39 is 42.0 Å². The van der Waals surface area contributed by atoms with E-state index in [1.54, 1.807) is 6.20 Å². The van der Waals surface area contributed by atoms with Gasteiger partial charge in [0.1, 0.15) is 18.1 Å². The number of carbonyl (C=O) groups excluding carboxylic acids is 3. The smallest absolute Gasteiger partial charge is 0.326 e. The first-order valence-corrected chi connectivity index (χ1v) is 12.9. The summed E-state index contributed by atoms with van der Waals surface area (Å²) in [6.07, 6.45) is 3.31. The number of rotatable bonds is 11. The Labute approximate surface area is 217 Å². The molecule has 4 unspecified atom stereocenters. The SMILES string of the molecule is CC(C)CC(NC(=O)C1CCCN1C(=O)C(N)C(C)C)C(=O)NC(Cc1c[nH]c2ccccc12)C(=O)O. The van der Waals surface area contributed by atoms with Crippen molar-refractivity contribution in [3.05, 3.63) is 36.0 Å². The number of para-hydroxylation sites is 1. The number of amides is 3. The van der Waals surface area contributed by atoms with Crippen LogP contribution in [0.3, 0.4) is 0 Å². The zero-order chi connectivity index (χ0) is 27.3. The predicted octanol–water partition coefficient (Wildman–Crippen LogP) is 1.79. The van der Waals surface area contributed by atoms with Crippen LogP contribution in [0.1, 0.15) is 52.5 Å². The van der Waals surface area contributed by atoms with Crippen molar-refractivity contribution >= 4 is 34.6 Å². The first kappa shape index (κ1) is 28.2. The Hall–Kier alpha value is -3.40. The second kappa shape index (κ2) is 12.2. The van der Waals surface area contributed by atoms with Crippen molar-refractivity contribution in [2.45, 2.75) is 77.5 Å². The molecule has 4 atom stereocenters. The van der Waals surface area contributed by atoms with Crippen molar-refractivity contribution in [1.82, 2.24) is 20.5 Å². The molecular weight excluding hydrogens is 474 g/mol. The van der Waals surface area contributed by atoms with Gasteiger partial charge in [-0.2, -0.15) is 0 Å². The molecule has 0 bridgehead atoms. The molecule has 1 aliphatic heterocycles. The third-order valence-corrected chi connectivity index (χ3v) is 6.90. The number of fused-ring (bicyclic) bond motifs is 1. The lowest BCUT2D eigenvalue weighted by Crippen LogP contribution is -2.57. The number of hydrogen-bond acceptors (Lipinski definition) is 5. The normalized spacial score (nSPS) is 18.1. The summed E-state index contributed by atoms with van der Waals surface area (Å²) in [5.74, 6) is -2.44. The van der Waals surface area contributed by atoms with Crippen LogP contribution in [0.2, 0.25) is 0 Å². The highest BCUT2D eigenvalue weighted by molar-refractivity contribution is 5.94. The van der Waals surface area contributed by atoms with Gasteiger partial charge in [0.15, 0.2) is 0 Å². The Bertz CT molecular complexity index is 1130. The highest BCUT2D eigenvalue weighted by atomic mass is 16.4. The van der Waals surface area contributed by atoms with E-state index in [0.29, 0.717) is 25.8 Å². The molecule has 3 rings (SSSR count). The number of hydrogen-bond donors (Lipinski definition) is 5. The van der Waals surface area contributed by atoms with Crippen molar-refractivity contribution in [3.63, 3.8) is 0 Å². The van der Waals surface area contributed by atoms with Crippen LogP contribution in [0.4, 0.5) is 0 Å². The molecule has 0 saturated carbocycles. The maximum absolute atomic E-state index is 13.3. The quantitative estimate of drug-likeness (QED) is 0.308. The van der Waals surface area contributed by atoms with E-state index in [4.69, 9.17) is 5.73 Å². The molecule has 10 heteroatoms. The lowest BCUT2D eigenvalue weighted by Gasteiger charge is -2.30. The highest BCUT2D eigenvalue weighted by Gasteiger charge is 2.38. The molecule has 1 aliphatic rings. The minimum atomic E-state index is -1.17. The molecule has 0 spiro atoms. The first-order valence-electron chi connectivity index (χ1n) is 12.9. The molecule has 1 aromatic heterocycles. The zero-order valence-electron chi connectivity index (χ0n) is 22.0. The second-order valence-corrected chi connectivity index (χ2v) is 10.6. The number of nitrogens with one attached hydrogen (secondary N) is 3. The minimum Gasteiger partial charge on any atom is -0.480 e. The van der Waals surface area contributed by atoms with Crippen molar-refractivity contribution in [1.29, 1.82) is 0 Å². The Balaban J connectivity index is 1.72.